The lowest BCUT2D eigenvalue weighted by atomic mass is 9.85. The standard InChI is InChI=1S/C36H41N5O4/c1-4-23-21-26(13-14-27(23)24-16-19-40(20-17-24)36(44)45-6-3)39-31-15-12-25-9-7-10-28(33(25)31)29-11-8-18-37-34(29)41-32(5-2)30(22-38-41)35(42)43/h7-11,13-14,18,21-22,24,31,39H,4-6,12,15-17,19-20H2,1-3H3,(H,42,43). The molecule has 4 aromatic rings. The van der Waals surface area contributed by atoms with E-state index in [1.54, 1.807) is 10.9 Å². The van der Waals surface area contributed by atoms with E-state index < -0.39 is 5.97 Å². The van der Waals surface area contributed by atoms with Crippen molar-refractivity contribution in [3.05, 3.63) is 94.4 Å². The number of anilines is 1. The van der Waals surface area contributed by atoms with Crippen LogP contribution in [-0.2, 0) is 24.0 Å². The van der Waals surface area contributed by atoms with Gasteiger partial charge in [-0.1, -0.05) is 38.1 Å². The number of fused-ring (bicyclic) bond motifs is 1. The second-order valence-corrected chi connectivity index (χ2v) is 11.8. The molecule has 1 aliphatic carbocycles. The highest BCUT2D eigenvalue weighted by Crippen LogP contribution is 2.42. The Morgan fingerprint density at radius 1 is 1.00 bits per heavy atom. The van der Waals surface area contributed by atoms with Gasteiger partial charge in [-0.15, -0.1) is 0 Å². The van der Waals surface area contributed by atoms with Gasteiger partial charge in [0.15, 0.2) is 5.82 Å². The number of hydrogen-bond acceptors (Lipinski definition) is 6. The molecular formula is C36H41N5O4. The summed E-state index contributed by atoms with van der Waals surface area (Å²) in [6.45, 7) is 7.84. The predicted molar refractivity (Wildman–Crippen MR) is 174 cm³/mol. The summed E-state index contributed by atoms with van der Waals surface area (Å²) in [6, 6.07) is 17.3. The van der Waals surface area contributed by atoms with Crippen LogP contribution in [0.15, 0.2) is 60.9 Å². The molecular weight excluding hydrogens is 566 g/mol. The number of likely N-dealkylation sites (tertiary alicyclic amines) is 1. The number of hydrogen-bond donors (Lipinski definition) is 2. The van der Waals surface area contributed by atoms with Gasteiger partial charge in [-0.3, -0.25) is 0 Å². The Morgan fingerprint density at radius 2 is 1.80 bits per heavy atom. The van der Waals surface area contributed by atoms with Crippen LogP contribution < -0.4 is 5.32 Å². The molecule has 0 saturated carbocycles. The summed E-state index contributed by atoms with van der Waals surface area (Å²) in [7, 11) is 0. The van der Waals surface area contributed by atoms with Gasteiger partial charge >= 0.3 is 12.1 Å². The third kappa shape index (κ3) is 5.91. The van der Waals surface area contributed by atoms with Crippen LogP contribution in [0.5, 0.6) is 0 Å². The summed E-state index contributed by atoms with van der Waals surface area (Å²) >= 11 is 0. The van der Waals surface area contributed by atoms with E-state index in [2.05, 4.69) is 53.7 Å². The highest BCUT2D eigenvalue weighted by molar-refractivity contribution is 5.89. The van der Waals surface area contributed by atoms with Crippen LogP contribution in [0, 0.1) is 0 Å². The predicted octanol–water partition coefficient (Wildman–Crippen LogP) is 7.19. The molecule has 0 radical (unpaired) electrons. The molecule has 2 aromatic heterocycles. The summed E-state index contributed by atoms with van der Waals surface area (Å²) in [5, 5.41) is 18.0. The van der Waals surface area contributed by atoms with Gasteiger partial charge in [-0.2, -0.15) is 5.10 Å². The van der Waals surface area contributed by atoms with E-state index in [1.807, 2.05) is 30.9 Å². The van der Waals surface area contributed by atoms with Crippen molar-refractivity contribution in [3.63, 3.8) is 0 Å². The van der Waals surface area contributed by atoms with Crippen molar-refractivity contribution in [1.29, 1.82) is 0 Å². The Morgan fingerprint density at radius 3 is 2.53 bits per heavy atom. The molecule has 2 N–H and O–H groups in total. The molecule has 234 valence electrons. The fourth-order valence-electron chi connectivity index (χ4n) is 7.11. The largest absolute Gasteiger partial charge is 0.478 e. The first-order chi connectivity index (χ1) is 21.9. The van der Waals surface area contributed by atoms with Crippen LogP contribution in [0.4, 0.5) is 10.5 Å². The first-order valence-electron chi connectivity index (χ1n) is 16.1. The Kier molecular flexibility index (Phi) is 8.87. The molecule has 2 aromatic carbocycles. The van der Waals surface area contributed by atoms with Gasteiger partial charge in [-0.05, 0) is 103 Å². The number of nitrogens with one attached hydrogen (secondary N) is 1. The summed E-state index contributed by atoms with van der Waals surface area (Å²) in [5.41, 5.74) is 9.23. The normalized spacial score (nSPS) is 16.4. The maximum atomic E-state index is 12.2. The number of benzene rings is 2. The molecule has 1 amide bonds. The Hall–Kier alpha value is -4.66. The minimum absolute atomic E-state index is 0.116. The number of piperidine rings is 1. The lowest BCUT2D eigenvalue weighted by Crippen LogP contribution is -2.38. The maximum absolute atomic E-state index is 12.2. The fraction of sp³-hybridized carbons (Fsp3) is 0.389. The van der Waals surface area contributed by atoms with E-state index in [1.165, 1.54) is 28.5 Å². The minimum atomic E-state index is -0.986. The summed E-state index contributed by atoms with van der Waals surface area (Å²) in [5.74, 6) is 0.0759. The van der Waals surface area contributed by atoms with Crippen molar-refractivity contribution in [3.8, 4) is 16.9 Å². The monoisotopic (exact) mass is 607 g/mol. The van der Waals surface area contributed by atoms with E-state index in [0.29, 0.717) is 30.5 Å². The molecule has 2 aliphatic rings. The van der Waals surface area contributed by atoms with Crippen molar-refractivity contribution in [2.75, 3.05) is 25.0 Å². The highest BCUT2D eigenvalue weighted by atomic mass is 16.6. The number of amides is 1. The summed E-state index contributed by atoms with van der Waals surface area (Å²) < 4.78 is 6.89. The Labute approximate surface area is 264 Å². The quantitative estimate of drug-likeness (QED) is 0.207. The molecule has 1 fully saturated rings. The number of aromatic nitrogens is 3. The molecule has 1 unspecified atom stereocenters. The van der Waals surface area contributed by atoms with Gasteiger partial charge < -0.3 is 20.1 Å². The Bertz CT molecular complexity index is 1710. The van der Waals surface area contributed by atoms with E-state index >= 15 is 0 Å². The van der Waals surface area contributed by atoms with Gasteiger partial charge in [0.25, 0.3) is 0 Å². The number of carbonyl (C=O) groups is 2. The molecule has 6 rings (SSSR count). The second-order valence-electron chi connectivity index (χ2n) is 11.8. The minimum Gasteiger partial charge on any atom is -0.478 e. The molecule has 1 aliphatic heterocycles. The van der Waals surface area contributed by atoms with Crippen LogP contribution >= 0.6 is 0 Å². The lowest BCUT2D eigenvalue weighted by Gasteiger charge is -2.32. The van der Waals surface area contributed by atoms with Crippen molar-refractivity contribution >= 4 is 17.7 Å². The first-order valence-corrected chi connectivity index (χ1v) is 16.1. The van der Waals surface area contributed by atoms with Crippen molar-refractivity contribution < 1.29 is 19.4 Å². The number of carboxylic acids is 1. The lowest BCUT2D eigenvalue weighted by molar-refractivity contribution is 0.0695. The van der Waals surface area contributed by atoms with Crippen LogP contribution in [0.1, 0.15) is 90.3 Å². The summed E-state index contributed by atoms with van der Waals surface area (Å²) in [4.78, 5) is 30.6. The van der Waals surface area contributed by atoms with E-state index in [-0.39, 0.29) is 17.7 Å². The SMILES string of the molecule is CCOC(=O)N1CCC(c2ccc(NC3CCc4cccc(-c5cccnc5-n5ncc(C(=O)O)c5CC)c43)cc2CC)CC1. The third-order valence-electron chi connectivity index (χ3n) is 9.28. The topological polar surface area (TPSA) is 110 Å². The average Bonchev–Trinajstić information content (AvgIpc) is 3.69. The van der Waals surface area contributed by atoms with Crippen LogP contribution in [0.25, 0.3) is 16.9 Å². The van der Waals surface area contributed by atoms with Crippen LogP contribution in [0.2, 0.25) is 0 Å². The van der Waals surface area contributed by atoms with Gasteiger partial charge in [0.1, 0.15) is 5.56 Å². The third-order valence-corrected chi connectivity index (χ3v) is 9.28. The first kappa shape index (κ1) is 30.4. The average molecular weight is 608 g/mol. The molecule has 3 heterocycles. The number of ether oxygens (including phenoxy) is 1. The van der Waals surface area contributed by atoms with Gasteiger partial charge in [0.05, 0.1) is 24.5 Å². The van der Waals surface area contributed by atoms with E-state index in [0.717, 1.165) is 62.0 Å². The van der Waals surface area contributed by atoms with Gasteiger partial charge in [0.2, 0.25) is 0 Å². The van der Waals surface area contributed by atoms with Crippen molar-refractivity contribution in [1.82, 2.24) is 19.7 Å². The molecule has 9 heteroatoms. The van der Waals surface area contributed by atoms with Gasteiger partial charge in [-0.25, -0.2) is 19.3 Å². The number of aryl methyl sites for hydroxylation is 2. The number of carboxylic acid groups (broad SMARTS) is 1. The molecule has 9 nitrogen and oxygen atoms in total. The molecule has 45 heavy (non-hydrogen) atoms. The highest BCUT2D eigenvalue weighted by Gasteiger charge is 2.29. The van der Waals surface area contributed by atoms with E-state index in [9.17, 15) is 14.7 Å². The van der Waals surface area contributed by atoms with E-state index in [4.69, 9.17) is 9.72 Å². The number of rotatable bonds is 9. The van der Waals surface area contributed by atoms with Crippen LogP contribution in [-0.4, -0.2) is 56.5 Å². The number of carbonyl (C=O) groups excluding carboxylic acids is 1. The summed E-state index contributed by atoms with van der Waals surface area (Å²) in [6.07, 6.45) is 8.23. The Balaban J connectivity index is 1.27. The fourth-order valence-corrected chi connectivity index (χ4v) is 7.11. The zero-order valence-electron chi connectivity index (χ0n) is 26.3. The van der Waals surface area contributed by atoms with Gasteiger partial charge in [0, 0.05) is 30.5 Å². The molecule has 1 saturated heterocycles. The van der Waals surface area contributed by atoms with Crippen molar-refractivity contribution in [2.24, 2.45) is 0 Å². The number of nitrogens with zero attached hydrogens (tertiary/aromatic N) is 4. The van der Waals surface area contributed by atoms with Crippen LogP contribution in [0.3, 0.4) is 0 Å². The zero-order chi connectivity index (χ0) is 31.5. The zero-order valence-corrected chi connectivity index (χ0v) is 26.3. The molecule has 0 bridgehead atoms. The number of pyridine rings is 1. The molecule has 0 spiro atoms. The smallest absolute Gasteiger partial charge is 0.409 e. The molecule has 1 atom stereocenters. The van der Waals surface area contributed by atoms with Crippen molar-refractivity contribution in [2.45, 2.75) is 71.3 Å². The number of aromatic carboxylic acids is 1. The maximum Gasteiger partial charge on any atom is 0.409 e. The second kappa shape index (κ2) is 13.1.